The van der Waals surface area contributed by atoms with Crippen molar-refractivity contribution in [2.24, 2.45) is 0 Å². The third-order valence-electron chi connectivity index (χ3n) is 2.99. The maximum atomic E-state index is 10.3. The molecule has 0 aliphatic heterocycles. The summed E-state index contributed by atoms with van der Waals surface area (Å²) in [6.45, 7) is 2.01. The van der Waals surface area contributed by atoms with E-state index < -0.39 is 6.10 Å². The van der Waals surface area contributed by atoms with Crippen molar-refractivity contribution in [1.29, 1.82) is 0 Å². The molecular formula is C15H13BrCl2O. The molecule has 1 unspecified atom stereocenters. The molecule has 19 heavy (non-hydrogen) atoms. The van der Waals surface area contributed by atoms with Crippen LogP contribution in [0.5, 0.6) is 0 Å². The summed E-state index contributed by atoms with van der Waals surface area (Å²) in [5, 5.41) is 11.3. The third kappa shape index (κ3) is 3.73. The van der Waals surface area contributed by atoms with Gasteiger partial charge in [-0.25, -0.2) is 0 Å². The lowest BCUT2D eigenvalue weighted by Crippen LogP contribution is -2.02. The van der Waals surface area contributed by atoms with Crippen molar-refractivity contribution in [3.05, 3.63) is 67.6 Å². The van der Waals surface area contributed by atoms with Gasteiger partial charge in [-0.2, -0.15) is 0 Å². The summed E-state index contributed by atoms with van der Waals surface area (Å²) in [7, 11) is 0. The van der Waals surface area contributed by atoms with Crippen LogP contribution in [0.1, 0.15) is 22.8 Å². The molecule has 0 saturated carbocycles. The number of aliphatic hydroxyl groups is 1. The van der Waals surface area contributed by atoms with Gasteiger partial charge in [0.25, 0.3) is 0 Å². The van der Waals surface area contributed by atoms with Crippen LogP contribution in [-0.4, -0.2) is 5.11 Å². The SMILES string of the molecule is Cc1ccc(C(O)Cc2ccc(Cl)c(Cl)c2)cc1Br. The maximum absolute atomic E-state index is 10.3. The number of benzene rings is 2. The van der Waals surface area contributed by atoms with E-state index in [0.29, 0.717) is 16.5 Å². The van der Waals surface area contributed by atoms with E-state index in [0.717, 1.165) is 21.2 Å². The summed E-state index contributed by atoms with van der Waals surface area (Å²) < 4.78 is 0.998. The molecule has 0 aliphatic carbocycles. The Labute approximate surface area is 131 Å². The Morgan fingerprint density at radius 3 is 2.47 bits per heavy atom. The minimum Gasteiger partial charge on any atom is -0.388 e. The van der Waals surface area contributed by atoms with E-state index >= 15 is 0 Å². The van der Waals surface area contributed by atoms with Crippen LogP contribution in [0.3, 0.4) is 0 Å². The number of aryl methyl sites for hydroxylation is 1. The Morgan fingerprint density at radius 1 is 1.11 bits per heavy atom. The molecule has 100 valence electrons. The van der Waals surface area contributed by atoms with Crippen molar-refractivity contribution in [2.75, 3.05) is 0 Å². The van der Waals surface area contributed by atoms with E-state index in [2.05, 4.69) is 15.9 Å². The van der Waals surface area contributed by atoms with Crippen molar-refractivity contribution in [1.82, 2.24) is 0 Å². The van der Waals surface area contributed by atoms with Crippen LogP contribution in [0, 0.1) is 6.92 Å². The van der Waals surface area contributed by atoms with E-state index in [1.54, 1.807) is 12.1 Å². The summed E-state index contributed by atoms with van der Waals surface area (Å²) in [4.78, 5) is 0. The first-order valence-electron chi connectivity index (χ1n) is 5.85. The minimum atomic E-state index is -0.561. The lowest BCUT2D eigenvalue weighted by Gasteiger charge is -2.13. The highest BCUT2D eigenvalue weighted by molar-refractivity contribution is 9.10. The van der Waals surface area contributed by atoms with Crippen LogP contribution in [-0.2, 0) is 6.42 Å². The molecule has 0 bridgehead atoms. The summed E-state index contributed by atoms with van der Waals surface area (Å²) in [6, 6.07) is 11.3. The van der Waals surface area contributed by atoms with Crippen molar-refractivity contribution < 1.29 is 5.11 Å². The average molecular weight is 360 g/mol. The first-order valence-corrected chi connectivity index (χ1v) is 7.40. The van der Waals surface area contributed by atoms with Gasteiger partial charge in [0.15, 0.2) is 0 Å². The monoisotopic (exact) mass is 358 g/mol. The zero-order valence-electron chi connectivity index (χ0n) is 10.3. The van der Waals surface area contributed by atoms with Gasteiger partial charge in [0, 0.05) is 10.9 Å². The highest BCUT2D eigenvalue weighted by Crippen LogP contribution is 2.27. The molecule has 2 rings (SSSR count). The second-order valence-electron chi connectivity index (χ2n) is 4.48. The normalized spacial score (nSPS) is 12.5. The molecule has 0 amide bonds. The van der Waals surface area contributed by atoms with Gasteiger partial charge in [0.2, 0.25) is 0 Å². The fourth-order valence-corrected chi connectivity index (χ4v) is 2.54. The van der Waals surface area contributed by atoms with Crippen LogP contribution in [0.25, 0.3) is 0 Å². The molecule has 0 heterocycles. The van der Waals surface area contributed by atoms with Crippen molar-refractivity contribution >= 4 is 39.1 Å². The molecule has 2 aromatic carbocycles. The highest BCUT2D eigenvalue weighted by atomic mass is 79.9. The van der Waals surface area contributed by atoms with Crippen LogP contribution < -0.4 is 0 Å². The van der Waals surface area contributed by atoms with E-state index in [4.69, 9.17) is 23.2 Å². The number of aliphatic hydroxyl groups excluding tert-OH is 1. The number of halogens is 3. The molecule has 0 fully saturated rings. The Bertz CT molecular complexity index is 599. The molecule has 1 atom stereocenters. The standard InChI is InChI=1S/C15H13BrCl2O/c1-9-2-4-11(8-12(9)16)15(19)7-10-3-5-13(17)14(18)6-10/h2-6,8,15,19H,7H2,1H3. The first kappa shape index (κ1) is 14.9. The average Bonchev–Trinajstić information content (AvgIpc) is 2.37. The zero-order valence-corrected chi connectivity index (χ0v) is 13.4. The third-order valence-corrected chi connectivity index (χ3v) is 4.59. The fraction of sp³-hybridized carbons (Fsp3) is 0.200. The van der Waals surface area contributed by atoms with Gasteiger partial charge in [-0.15, -0.1) is 0 Å². The van der Waals surface area contributed by atoms with E-state index in [1.807, 2.05) is 31.2 Å². The predicted molar refractivity (Wildman–Crippen MR) is 84.0 cm³/mol. The molecule has 2 aromatic rings. The molecule has 0 spiro atoms. The van der Waals surface area contributed by atoms with E-state index in [-0.39, 0.29) is 0 Å². The molecular weight excluding hydrogens is 347 g/mol. The van der Waals surface area contributed by atoms with Crippen LogP contribution in [0.4, 0.5) is 0 Å². The molecule has 0 aromatic heterocycles. The Kier molecular flexibility index (Phi) is 4.91. The lowest BCUT2D eigenvalue weighted by atomic mass is 10.0. The van der Waals surface area contributed by atoms with Crippen molar-refractivity contribution in [3.8, 4) is 0 Å². The van der Waals surface area contributed by atoms with Gasteiger partial charge in [-0.05, 0) is 41.8 Å². The number of hydrogen-bond acceptors (Lipinski definition) is 1. The molecule has 0 saturated heterocycles. The minimum absolute atomic E-state index is 0.506. The van der Waals surface area contributed by atoms with Gasteiger partial charge in [0.05, 0.1) is 16.1 Å². The second kappa shape index (κ2) is 6.27. The Hall–Kier alpha value is -0.540. The summed E-state index contributed by atoms with van der Waals surface area (Å²) in [5.41, 5.74) is 2.98. The summed E-state index contributed by atoms with van der Waals surface area (Å²) >= 11 is 15.3. The lowest BCUT2D eigenvalue weighted by molar-refractivity contribution is 0.178. The van der Waals surface area contributed by atoms with Crippen LogP contribution >= 0.6 is 39.1 Å². The molecule has 0 radical (unpaired) electrons. The van der Waals surface area contributed by atoms with Gasteiger partial charge in [0.1, 0.15) is 0 Å². The van der Waals surface area contributed by atoms with Gasteiger partial charge in [-0.3, -0.25) is 0 Å². The molecule has 1 nitrogen and oxygen atoms in total. The second-order valence-corrected chi connectivity index (χ2v) is 6.15. The van der Waals surface area contributed by atoms with Gasteiger partial charge >= 0.3 is 0 Å². The topological polar surface area (TPSA) is 20.2 Å². The van der Waals surface area contributed by atoms with Gasteiger partial charge < -0.3 is 5.11 Å². The zero-order chi connectivity index (χ0) is 14.0. The van der Waals surface area contributed by atoms with Crippen LogP contribution in [0.2, 0.25) is 10.0 Å². The van der Waals surface area contributed by atoms with Crippen molar-refractivity contribution in [3.63, 3.8) is 0 Å². The highest BCUT2D eigenvalue weighted by Gasteiger charge is 2.11. The molecule has 0 aliphatic rings. The maximum Gasteiger partial charge on any atom is 0.0830 e. The van der Waals surface area contributed by atoms with Crippen molar-refractivity contribution in [2.45, 2.75) is 19.4 Å². The predicted octanol–water partition coefficient (Wildman–Crippen LogP) is 5.34. The first-order chi connectivity index (χ1) is 8.97. The Morgan fingerprint density at radius 2 is 1.84 bits per heavy atom. The smallest absolute Gasteiger partial charge is 0.0830 e. The number of rotatable bonds is 3. The van der Waals surface area contributed by atoms with E-state index in [1.165, 1.54) is 0 Å². The summed E-state index contributed by atoms with van der Waals surface area (Å²) in [5.74, 6) is 0. The quantitative estimate of drug-likeness (QED) is 0.784. The fourth-order valence-electron chi connectivity index (χ4n) is 1.82. The largest absolute Gasteiger partial charge is 0.388 e. The molecule has 1 N–H and O–H groups in total. The van der Waals surface area contributed by atoms with E-state index in [9.17, 15) is 5.11 Å². The van der Waals surface area contributed by atoms with Gasteiger partial charge in [-0.1, -0.05) is 57.3 Å². The Balaban J connectivity index is 2.17. The molecule has 4 heteroatoms. The summed E-state index contributed by atoms with van der Waals surface area (Å²) in [6.07, 6.45) is -0.0546. The number of hydrogen-bond donors (Lipinski definition) is 1. The van der Waals surface area contributed by atoms with Crippen LogP contribution in [0.15, 0.2) is 40.9 Å².